The van der Waals surface area contributed by atoms with E-state index in [1.54, 1.807) is 29.8 Å². The van der Waals surface area contributed by atoms with Gasteiger partial charge in [0.15, 0.2) is 0 Å². The Balaban J connectivity index is 2.07. The molecule has 1 atom stereocenters. The first-order valence-electron chi connectivity index (χ1n) is 9.07. The first kappa shape index (κ1) is 21.0. The first-order valence-corrected chi connectivity index (χ1v) is 10.3. The number of nitrogens with one attached hydrogen (secondary N) is 1. The molecule has 0 saturated heterocycles. The maximum absolute atomic E-state index is 13.0. The molecule has 2 aromatic rings. The van der Waals surface area contributed by atoms with E-state index in [2.05, 4.69) is 17.4 Å². The molecule has 0 spiro atoms. The number of carbonyl (C=O) groups excluding carboxylic acids is 2. The summed E-state index contributed by atoms with van der Waals surface area (Å²) in [5, 5.41) is 2.91. The number of carbonyl (C=O) groups is 2. The smallest absolute Gasteiger partial charge is 0.251 e. The summed E-state index contributed by atoms with van der Waals surface area (Å²) in [4.78, 5) is 28.4. The van der Waals surface area contributed by atoms with Crippen molar-refractivity contribution in [3.8, 4) is 0 Å². The molecule has 0 heterocycles. The zero-order valence-electron chi connectivity index (χ0n) is 16.7. The average Bonchev–Trinajstić information content (AvgIpc) is 2.65. The summed E-state index contributed by atoms with van der Waals surface area (Å²) in [6.45, 7) is 6.34. The Morgan fingerprint density at radius 3 is 2.33 bits per heavy atom. The van der Waals surface area contributed by atoms with Gasteiger partial charge in [0.2, 0.25) is 5.91 Å². The lowest BCUT2D eigenvalue weighted by molar-refractivity contribution is -0.133. The molecule has 0 radical (unpaired) electrons. The third-order valence-corrected chi connectivity index (χ3v) is 5.20. The largest absolute Gasteiger partial charge is 0.340 e. The summed E-state index contributed by atoms with van der Waals surface area (Å²) >= 11 is 1.69. The molecule has 0 aliphatic carbocycles. The molecule has 0 bridgehead atoms. The van der Waals surface area contributed by atoms with Crippen LogP contribution in [0.5, 0.6) is 0 Å². The van der Waals surface area contributed by atoms with E-state index in [-0.39, 0.29) is 17.7 Å². The van der Waals surface area contributed by atoms with E-state index >= 15 is 0 Å². The topological polar surface area (TPSA) is 49.4 Å². The van der Waals surface area contributed by atoms with Gasteiger partial charge in [-0.25, -0.2) is 0 Å². The Labute approximate surface area is 166 Å². The van der Waals surface area contributed by atoms with Crippen LogP contribution < -0.4 is 5.32 Å². The number of benzene rings is 2. The predicted octanol–water partition coefficient (Wildman–Crippen LogP) is 4.13. The molecule has 0 saturated carbocycles. The van der Waals surface area contributed by atoms with Crippen LogP contribution >= 0.6 is 11.8 Å². The van der Waals surface area contributed by atoms with Crippen molar-refractivity contribution in [3.63, 3.8) is 0 Å². The molecule has 0 aliphatic heterocycles. The molecular formula is C22H28N2O2S. The van der Waals surface area contributed by atoms with E-state index in [0.29, 0.717) is 12.1 Å². The fourth-order valence-electron chi connectivity index (χ4n) is 2.84. The summed E-state index contributed by atoms with van der Waals surface area (Å²) in [5.41, 5.74) is 2.65. The van der Waals surface area contributed by atoms with Crippen molar-refractivity contribution < 1.29 is 9.59 Å². The zero-order chi connectivity index (χ0) is 20.0. The van der Waals surface area contributed by atoms with Gasteiger partial charge in [-0.1, -0.05) is 43.7 Å². The Morgan fingerprint density at radius 1 is 1.11 bits per heavy atom. The van der Waals surface area contributed by atoms with Gasteiger partial charge >= 0.3 is 0 Å². The fourth-order valence-corrected chi connectivity index (χ4v) is 3.25. The van der Waals surface area contributed by atoms with Crippen LogP contribution in [-0.2, 0) is 11.3 Å². The summed E-state index contributed by atoms with van der Waals surface area (Å²) < 4.78 is 0. The van der Waals surface area contributed by atoms with Crippen LogP contribution in [0.1, 0.15) is 35.3 Å². The molecule has 0 aromatic heterocycles. The molecule has 2 amide bonds. The predicted molar refractivity (Wildman–Crippen MR) is 112 cm³/mol. The van der Waals surface area contributed by atoms with E-state index < -0.39 is 6.04 Å². The van der Waals surface area contributed by atoms with Crippen molar-refractivity contribution in [2.45, 2.75) is 38.3 Å². The van der Waals surface area contributed by atoms with Gasteiger partial charge in [0.25, 0.3) is 5.91 Å². The number of amides is 2. The molecule has 2 aromatic carbocycles. The Morgan fingerprint density at radius 2 is 1.78 bits per heavy atom. The van der Waals surface area contributed by atoms with Crippen molar-refractivity contribution in [2.75, 3.05) is 13.3 Å². The molecule has 0 aliphatic rings. The summed E-state index contributed by atoms with van der Waals surface area (Å²) in [6.07, 6.45) is 2.04. The van der Waals surface area contributed by atoms with Crippen LogP contribution in [0.2, 0.25) is 0 Å². The van der Waals surface area contributed by atoms with E-state index in [0.717, 1.165) is 11.1 Å². The summed E-state index contributed by atoms with van der Waals surface area (Å²) in [5.74, 6) is -0.309. The lowest BCUT2D eigenvalue weighted by Gasteiger charge is -2.27. The minimum atomic E-state index is -0.562. The lowest BCUT2D eigenvalue weighted by Crippen LogP contribution is -2.50. The minimum Gasteiger partial charge on any atom is -0.340 e. The maximum atomic E-state index is 13.0. The normalized spacial score (nSPS) is 11.9. The number of thioether (sulfide) groups is 1. The van der Waals surface area contributed by atoms with Gasteiger partial charge < -0.3 is 10.2 Å². The molecule has 0 unspecified atom stereocenters. The SMILES string of the molecule is CSc1ccc(CN(C)C(=O)[C@@H](NC(=O)c2cccc(C)c2)C(C)C)cc1. The molecule has 1 N–H and O–H groups in total. The van der Waals surface area contributed by atoms with Crippen molar-refractivity contribution >= 4 is 23.6 Å². The molecule has 144 valence electrons. The molecule has 27 heavy (non-hydrogen) atoms. The standard InChI is InChI=1S/C22H28N2O2S/c1-15(2)20(23-21(25)18-8-6-7-16(3)13-18)22(26)24(4)14-17-9-11-19(27-5)12-10-17/h6-13,15,20H,14H2,1-5H3,(H,23,25)/t20-/m0/s1. The molecular weight excluding hydrogens is 356 g/mol. The van der Waals surface area contributed by atoms with Gasteiger partial charge in [-0.15, -0.1) is 11.8 Å². The number of likely N-dealkylation sites (N-methyl/N-ethyl adjacent to an activating group) is 1. The van der Waals surface area contributed by atoms with Crippen molar-refractivity contribution in [1.29, 1.82) is 0 Å². The van der Waals surface area contributed by atoms with Gasteiger partial charge in [-0.2, -0.15) is 0 Å². The second-order valence-electron chi connectivity index (χ2n) is 7.11. The highest BCUT2D eigenvalue weighted by Gasteiger charge is 2.27. The highest BCUT2D eigenvalue weighted by Crippen LogP contribution is 2.16. The van der Waals surface area contributed by atoms with Gasteiger partial charge in [-0.3, -0.25) is 9.59 Å². The van der Waals surface area contributed by atoms with Crippen molar-refractivity contribution in [1.82, 2.24) is 10.2 Å². The third kappa shape index (κ3) is 5.86. The Kier molecular flexibility index (Phi) is 7.48. The fraction of sp³-hybridized carbons (Fsp3) is 0.364. The van der Waals surface area contributed by atoms with Crippen LogP contribution in [-0.4, -0.2) is 36.1 Å². The van der Waals surface area contributed by atoms with Crippen molar-refractivity contribution in [2.24, 2.45) is 5.92 Å². The van der Waals surface area contributed by atoms with Gasteiger partial charge in [0.05, 0.1) is 0 Å². The molecule has 4 nitrogen and oxygen atoms in total. The second kappa shape index (κ2) is 9.60. The first-order chi connectivity index (χ1) is 12.8. The van der Waals surface area contributed by atoms with Crippen LogP contribution in [0, 0.1) is 12.8 Å². The van der Waals surface area contributed by atoms with Gasteiger partial charge in [0.1, 0.15) is 6.04 Å². The minimum absolute atomic E-state index is 0.00687. The quantitative estimate of drug-likeness (QED) is 0.730. The van der Waals surface area contributed by atoms with Crippen LogP contribution in [0.25, 0.3) is 0 Å². The number of hydrogen-bond acceptors (Lipinski definition) is 3. The van der Waals surface area contributed by atoms with Crippen molar-refractivity contribution in [3.05, 3.63) is 65.2 Å². The highest BCUT2D eigenvalue weighted by atomic mass is 32.2. The van der Waals surface area contributed by atoms with Gasteiger partial charge in [0, 0.05) is 24.1 Å². The monoisotopic (exact) mass is 384 g/mol. The summed E-state index contributed by atoms with van der Waals surface area (Å²) in [6, 6.07) is 15.0. The lowest BCUT2D eigenvalue weighted by atomic mass is 10.0. The number of nitrogens with zero attached hydrogens (tertiary/aromatic N) is 1. The Hall–Kier alpha value is -2.27. The second-order valence-corrected chi connectivity index (χ2v) is 7.99. The number of aryl methyl sites for hydroxylation is 1. The van der Waals surface area contributed by atoms with Gasteiger partial charge in [-0.05, 0) is 48.9 Å². The third-order valence-electron chi connectivity index (χ3n) is 4.45. The number of hydrogen-bond donors (Lipinski definition) is 1. The zero-order valence-corrected chi connectivity index (χ0v) is 17.5. The van der Waals surface area contributed by atoms with Crippen LogP contribution in [0.4, 0.5) is 0 Å². The summed E-state index contributed by atoms with van der Waals surface area (Å²) in [7, 11) is 1.78. The molecule has 5 heteroatoms. The van der Waals surface area contributed by atoms with E-state index in [1.807, 2.05) is 57.4 Å². The highest BCUT2D eigenvalue weighted by molar-refractivity contribution is 7.98. The van der Waals surface area contributed by atoms with E-state index in [9.17, 15) is 9.59 Å². The van der Waals surface area contributed by atoms with Crippen LogP contribution in [0.15, 0.2) is 53.4 Å². The maximum Gasteiger partial charge on any atom is 0.251 e. The van der Waals surface area contributed by atoms with E-state index in [4.69, 9.17) is 0 Å². The average molecular weight is 385 g/mol. The van der Waals surface area contributed by atoms with E-state index in [1.165, 1.54) is 4.90 Å². The number of rotatable bonds is 7. The van der Waals surface area contributed by atoms with Crippen LogP contribution in [0.3, 0.4) is 0 Å². The Bertz CT molecular complexity index is 787. The molecule has 2 rings (SSSR count). The molecule has 0 fully saturated rings.